The average molecular weight is 277 g/mol. The van der Waals surface area contributed by atoms with Gasteiger partial charge in [-0.2, -0.15) is 0 Å². The lowest BCUT2D eigenvalue weighted by Gasteiger charge is -2.20. The summed E-state index contributed by atoms with van der Waals surface area (Å²) in [5, 5.41) is 0. The van der Waals surface area contributed by atoms with Crippen molar-refractivity contribution in [3.05, 3.63) is 48.3 Å². The number of nitrogens with two attached hydrogens (primary N) is 1. The van der Waals surface area contributed by atoms with Gasteiger partial charge in [-0.15, -0.1) is 0 Å². The third kappa shape index (κ3) is 2.53. The van der Waals surface area contributed by atoms with Crippen LogP contribution in [0.5, 0.6) is 0 Å². The van der Waals surface area contributed by atoms with Crippen LogP contribution in [-0.2, 0) is 10.0 Å². The molecule has 1 heterocycles. The molecular formula is C13H15N3O2S. The summed E-state index contributed by atoms with van der Waals surface area (Å²) in [6.07, 6.45) is 3.08. The molecule has 0 aliphatic heterocycles. The number of aromatic nitrogens is 1. The van der Waals surface area contributed by atoms with E-state index in [1.807, 2.05) is 6.92 Å². The zero-order valence-corrected chi connectivity index (χ0v) is 11.6. The number of hydrogen-bond donors (Lipinski definition) is 1. The molecule has 2 rings (SSSR count). The number of aryl methyl sites for hydroxylation is 1. The smallest absolute Gasteiger partial charge is 0.266 e. The summed E-state index contributed by atoms with van der Waals surface area (Å²) in [7, 11) is -2.17. The van der Waals surface area contributed by atoms with Gasteiger partial charge in [0.05, 0.1) is 11.4 Å². The van der Waals surface area contributed by atoms with Crippen LogP contribution in [0.25, 0.3) is 0 Å². The Morgan fingerprint density at radius 3 is 2.37 bits per heavy atom. The number of hydrogen-bond acceptors (Lipinski definition) is 4. The van der Waals surface area contributed by atoms with Gasteiger partial charge >= 0.3 is 0 Å². The summed E-state index contributed by atoms with van der Waals surface area (Å²) in [6, 6.07) is 8.15. The molecule has 0 amide bonds. The Labute approximate surface area is 112 Å². The molecule has 0 atom stereocenters. The molecule has 0 aliphatic rings. The van der Waals surface area contributed by atoms with Crippen molar-refractivity contribution in [2.45, 2.75) is 11.8 Å². The van der Waals surface area contributed by atoms with Crippen LogP contribution >= 0.6 is 0 Å². The minimum atomic E-state index is -3.66. The molecule has 2 aromatic rings. The van der Waals surface area contributed by atoms with Gasteiger partial charge < -0.3 is 5.73 Å². The van der Waals surface area contributed by atoms with Gasteiger partial charge in [0.15, 0.2) is 0 Å². The molecule has 2 N–H and O–H groups in total. The van der Waals surface area contributed by atoms with Crippen LogP contribution in [0.15, 0.2) is 47.6 Å². The number of nitrogens with zero attached hydrogens (tertiary/aromatic N) is 2. The van der Waals surface area contributed by atoms with E-state index in [1.165, 1.54) is 17.4 Å². The molecule has 0 fully saturated rings. The van der Waals surface area contributed by atoms with Crippen molar-refractivity contribution >= 4 is 21.4 Å². The van der Waals surface area contributed by atoms with E-state index in [0.29, 0.717) is 5.69 Å². The van der Waals surface area contributed by atoms with Gasteiger partial charge in [0.2, 0.25) is 0 Å². The topological polar surface area (TPSA) is 76.3 Å². The molecule has 0 unspecified atom stereocenters. The summed E-state index contributed by atoms with van der Waals surface area (Å²) in [5.41, 5.74) is 7.51. The summed E-state index contributed by atoms with van der Waals surface area (Å²) >= 11 is 0. The zero-order chi connectivity index (χ0) is 14.0. The Hall–Kier alpha value is -2.08. The molecule has 0 radical (unpaired) electrons. The van der Waals surface area contributed by atoms with Crippen LogP contribution in [0.2, 0.25) is 0 Å². The quantitative estimate of drug-likeness (QED) is 0.868. The number of anilines is 2. The third-order valence-corrected chi connectivity index (χ3v) is 4.69. The molecule has 100 valence electrons. The van der Waals surface area contributed by atoms with Gasteiger partial charge in [0.25, 0.3) is 10.0 Å². The highest BCUT2D eigenvalue weighted by molar-refractivity contribution is 7.93. The van der Waals surface area contributed by atoms with Gasteiger partial charge in [-0.25, -0.2) is 8.42 Å². The average Bonchev–Trinajstić information content (AvgIpc) is 2.38. The predicted octanol–water partition coefficient (Wildman–Crippen LogP) is 1.80. The maximum absolute atomic E-state index is 12.5. The highest BCUT2D eigenvalue weighted by Gasteiger charge is 2.23. The highest BCUT2D eigenvalue weighted by Crippen LogP contribution is 2.25. The lowest BCUT2D eigenvalue weighted by Crippen LogP contribution is -2.27. The van der Waals surface area contributed by atoms with Gasteiger partial charge in [0.1, 0.15) is 4.90 Å². The summed E-state index contributed by atoms with van der Waals surface area (Å²) < 4.78 is 26.2. The number of nitrogen functional groups attached to an aromatic ring is 1. The second-order valence-corrected chi connectivity index (χ2v) is 6.16. The van der Waals surface area contributed by atoms with Gasteiger partial charge in [-0.3, -0.25) is 9.29 Å². The first-order valence-electron chi connectivity index (χ1n) is 5.68. The van der Waals surface area contributed by atoms with Gasteiger partial charge in [0, 0.05) is 19.4 Å². The van der Waals surface area contributed by atoms with E-state index in [2.05, 4.69) is 4.98 Å². The van der Waals surface area contributed by atoms with Crippen molar-refractivity contribution < 1.29 is 8.42 Å². The van der Waals surface area contributed by atoms with Crippen LogP contribution in [0.1, 0.15) is 5.56 Å². The summed E-state index contributed by atoms with van der Waals surface area (Å²) in [5.74, 6) is 0. The minimum absolute atomic E-state index is 0.109. The Kier molecular flexibility index (Phi) is 3.44. The van der Waals surface area contributed by atoms with Crippen molar-refractivity contribution in [3.63, 3.8) is 0 Å². The molecule has 0 spiro atoms. The molecule has 0 bridgehead atoms. The predicted molar refractivity (Wildman–Crippen MR) is 75.4 cm³/mol. The van der Waals surface area contributed by atoms with Crippen molar-refractivity contribution in [1.82, 2.24) is 4.98 Å². The van der Waals surface area contributed by atoms with E-state index in [0.717, 1.165) is 5.56 Å². The Morgan fingerprint density at radius 1 is 1.16 bits per heavy atom. The van der Waals surface area contributed by atoms with Crippen molar-refractivity contribution in [3.8, 4) is 0 Å². The lowest BCUT2D eigenvalue weighted by atomic mass is 10.2. The first-order chi connectivity index (χ1) is 8.93. The molecule has 6 heteroatoms. The van der Waals surface area contributed by atoms with Crippen LogP contribution in [0.4, 0.5) is 11.4 Å². The molecule has 0 aliphatic carbocycles. The van der Waals surface area contributed by atoms with Gasteiger partial charge in [-0.05, 0) is 36.8 Å². The highest BCUT2D eigenvalue weighted by atomic mass is 32.2. The van der Waals surface area contributed by atoms with Crippen LogP contribution in [-0.4, -0.2) is 20.4 Å². The van der Waals surface area contributed by atoms with Gasteiger partial charge in [-0.1, -0.05) is 6.07 Å². The standard InChI is InChI=1S/C13H15N3O2S/c1-10-3-4-13(12(14)9-10)19(17,18)16(2)11-5-7-15-8-6-11/h3-9H,14H2,1-2H3. The first-order valence-corrected chi connectivity index (χ1v) is 7.12. The summed E-state index contributed by atoms with van der Waals surface area (Å²) in [6.45, 7) is 1.86. The van der Waals surface area contributed by atoms with Crippen LogP contribution in [0.3, 0.4) is 0 Å². The fraction of sp³-hybridized carbons (Fsp3) is 0.154. The van der Waals surface area contributed by atoms with E-state index in [-0.39, 0.29) is 10.6 Å². The maximum Gasteiger partial charge on any atom is 0.266 e. The van der Waals surface area contributed by atoms with E-state index < -0.39 is 10.0 Å². The number of rotatable bonds is 3. The molecule has 0 saturated heterocycles. The van der Waals surface area contributed by atoms with E-state index >= 15 is 0 Å². The van der Waals surface area contributed by atoms with Crippen molar-refractivity contribution in [1.29, 1.82) is 0 Å². The minimum Gasteiger partial charge on any atom is -0.398 e. The van der Waals surface area contributed by atoms with Crippen molar-refractivity contribution in [2.75, 3.05) is 17.1 Å². The Morgan fingerprint density at radius 2 is 1.79 bits per heavy atom. The second kappa shape index (κ2) is 4.89. The normalized spacial score (nSPS) is 11.3. The number of benzene rings is 1. The maximum atomic E-state index is 12.5. The SMILES string of the molecule is Cc1ccc(S(=O)(=O)N(C)c2ccncc2)c(N)c1. The Bertz CT molecular complexity index is 684. The molecule has 5 nitrogen and oxygen atoms in total. The van der Waals surface area contributed by atoms with Crippen molar-refractivity contribution in [2.24, 2.45) is 0 Å². The first kappa shape index (κ1) is 13.4. The summed E-state index contributed by atoms with van der Waals surface area (Å²) in [4.78, 5) is 3.97. The molecule has 1 aromatic carbocycles. The van der Waals surface area contributed by atoms with Crippen LogP contribution < -0.4 is 10.0 Å². The second-order valence-electron chi connectivity index (χ2n) is 4.22. The van der Waals surface area contributed by atoms with E-state index in [4.69, 9.17) is 5.73 Å². The Balaban J connectivity index is 2.48. The zero-order valence-electron chi connectivity index (χ0n) is 10.7. The fourth-order valence-corrected chi connectivity index (χ4v) is 3.03. The molecular weight excluding hydrogens is 262 g/mol. The van der Waals surface area contributed by atoms with E-state index in [1.54, 1.807) is 36.7 Å². The third-order valence-electron chi connectivity index (χ3n) is 2.83. The largest absolute Gasteiger partial charge is 0.398 e. The molecule has 19 heavy (non-hydrogen) atoms. The lowest BCUT2D eigenvalue weighted by molar-refractivity contribution is 0.595. The number of sulfonamides is 1. The fourth-order valence-electron chi connectivity index (χ4n) is 1.74. The van der Waals surface area contributed by atoms with E-state index in [9.17, 15) is 8.42 Å². The molecule has 1 aromatic heterocycles. The van der Waals surface area contributed by atoms with Crippen LogP contribution in [0, 0.1) is 6.92 Å². The molecule has 0 saturated carbocycles. The monoisotopic (exact) mass is 277 g/mol. The number of pyridine rings is 1.